The number of amides is 1. The van der Waals surface area contributed by atoms with E-state index >= 15 is 0 Å². The molecule has 0 radical (unpaired) electrons. The zero-order valence-electron chi connectivity index (χ0n) is 14.6. The SMILES string of the molecule is CCNC(=NCc1ccc(S(N)(=O)=O)cc1)N1CCN(C(C)=O)CC1. The third kappa shape index (κ3) is 5.43. The van der Waals surface area contributed by atoms with Crippen LogP contribution in [0.2, 0.25) is 0 Å². The van der Waals surface area contributed by atoms with Gasteiger partial charge in [0.05, 0.1) is 11.4 Å². The van der Waals surface area contributed by atoms with Crippen LogP contribution in [0.3, 0.4) is 0 Å². The fourth-order valence-electron chi connectivity index (χ4n) is 2.61. The summed E-state index contributed by atoms with van der Waals surface area (Å²) in [6, 6.07) is 6.39. The van der Waals surface area contributed by atoms with Crippen molar-refractivity contribution in [2.45, 2.75) is 25.3 Å². The van der Waals surface area contributed by atoms with E-state index < -0.39 is 10.0 Å². The van der Waals surface area contributed by atoms with Crippen LogP contribution in [0.5, 0.6) is 0 Å². The van der Waals surface area contributed by atoms with Gasteiger partial charge in [0.15, 0.2) is 5.96 Å². The Balaban J connectivity index is 2.03. The Hall–Kier alpha value is -2.13. The lowest BCUT2D eigenvalue weighted by Gasteiger charge is -2.36. The van der Waals surface area contributed by atoms with Crippen molar-refractivity contribution in [3.63, 3.8) is 0 Å². The molecule has 0 atom stereocenters. The number of primary sulfonamides is 1. The number of sulfonamides is 1. The highest BCUT2D eigenvalue weighted by Gasteiger charge is 2.20. The predicted molar refractivity (Wildman–Crippen MR) is 96.5 cm³/mol. The average molecular weight is 367 g/mol. The minimum absolute atomic E-state index is 0.0903. The highest BCUT2D eigenvalue weighted by Crippen LogP contribution is 2.10. The zero-order chi connectivity index (χ0) is 18.4. The number of nitrogens with one attached hydrogen (secondary N) is 1. The van der Waals surface area contributed by atoms with Crippen LogP contribution in [0.25, 0.3) is 0 Å². The van der Waals surface area contributed by atoms with Gasteiger partial charge < -0.3 is 15.1 Å². The fraction of sp³-hybridized carbons (Fsp3) is 0.500. The number of carbonyl (C=O) groups is 1. The Kier molecular flexibility index (Phi) is 6.38. The van der Waals surface area contributed by atoms with Gasteiger partial charge in [-0.25, -0.2) is 18.5 Å². The summed E-state index contributed by atoms with van der Waals surface area (Å²) in [6.07, 6.45) is 0. The highest BCUT2D eigenvalue weighted by atomic mass is 32.2. The molecule has 0 bridgehead atoms. The second-order valence-corrected chi connectivity index (χ2v) is 7.41. The Morgan fingerprint density at radius 2 is 1.72 bits per heavy atom. The molecule has 138 valence electrons. The lowest BCUT2D eigenvalue weighted by Crippen LogP contribution is -2.53. The first kappa shape index (κ1) is 19.2. The van der Waals surface area contributed by atoms with E-state index in [1.807, 2.05) is 11.8 Å². The van der Waals surface area contributed by atoms with Crippen LogP contribution in [0.15, 0.2) is 34.2 Å². The van der Waals surface area contributed by atoms with Crippen molar-refractivity contribution in [1.82, 2.24) is 15.1 Å². The van der Waals surface area contributed by atoms with Gasteiger partial charge in [-0.15, -0.1) is 0 Å². The van der Waals surface area contributed by atoms with Gasteiger partial charge in [0.1, 0.15) is 0 Å². The molecule has 0 aromatic heterocycles. The topological polar surface area (TPSA) is 108 Å². The molecule has 0 spiro atoms. The summed E-state index contributed by atoms with van der Waals surface area (Å²) in [5.41, 5.74) is 0.894. The van der Waals surface area contributed by atoms with Crippen molar-refractivity contribution in [3.05, 3.63) is 29.8 Å². The van der Waals surface area contributed by atoms with Crippen LogP contribution in [0, 0.1) is 0 Å². The molecule has 1 aliphatic heterocycles. The van der Waals surface area contributed by atoms with Gasteiger partial charge >= 0.3 is 0 Å². The molecule has 1 amide bonds. The van der Waals surface area contributed by atoms with E-state index in [0.717, 1.165) is 31.2 Å². The number of aliphatic imine (C=N–C) groups is 1. The molecular formula is C16H25N5O3S. The summed E-state index contributed by atoms with van der Waals surface area (Å²) >= 11 is 0. The van der Waals surface area contributed by atoms with Crippen molar-refractivity contribution in [3.8, 4) is 0 Å². The summed E-state index contributed by atoms with van der Waals surface area (Å²) in [5.74, 6) is 0.887. The number of guanidine groups is 1. The van der Waals surface area contributed by atoms with E-state index in [9.17, 15) is 13.2 Å². The van der Waals surface area contributed by atoms with Crippen molar-refractivity contribution in [2.24, 2.45) is 10.1 Å². The number of nitrogens with two attached hydrogens (primary N) is 1. The zero-order valence-corrected chi connectivity index (χ0v) is 15.4. The summed E-state index contributed by atoms with van der Waals surface area (Å²) < 4.78 is 22.6. The number of hydrogen-bond acceptors (Lipinski definition) is 4. The van der Waals surface area contributed by atoms with E-state index in [1.165, 1.54) is 12.1 Å². The van der Waals surface area contributed by atoms with Gasteiger partial charge in [-0.3, -0.25) is 4.79 Å². The standard InChI is InChI=1S/C16H25N5O3S/c1-3-18-16(21-10-8-20(9-11-21)13(2)22)19-12-14-4-6-15(7-5-14)25(17,23)24/h4-7H,3,8-12H2,1-2H3,(H,18,19)(H2,17,23,24). The average Bonchev–Trinajstić information content (AvgIpc) is 2.58. The lowest BCUT2D eigenvalue weighted by atomic mass is 10.2. The number of carbonyl (C=O) groups excluding carboxylic acids is 1. The van der Waals surface area contributed by atoms with Gasteiger partial charge in [0.2, 0.25) is 15.9 Å². The maximum atomic E-state index is 11.4. The maximum absolute atomic E-state index is 11.4. The molecule has 9 heteroatoms. The van der Waals surface area contributed by atoms with Crippen LogP contribution in [0.1, 0.15) is 19.4 Å². The van der Waals surface area contributed by atoms with Gasteiger partial charge in [-0.2, -0.15) is 0 Å². The van der Waals surface area contributed by atoms with E-state index in [4.69, 9.17) is 5.14 Å². The smallest absolute Gasteiger partial charge is 0.238 e. The lowest BCUT2D eigenvalue weighted by molar-refractivity contribution is -0.130. The molecule has 2 rings (SSSR count). The van der Waals surface area contributed by atoms with E-state index in [-0.39, 0.29) is 10.8 Å². The Bertz CT molecular complexity index is 723. The van der Waals surface area contributed by atoms with Crippen molar-refractivity contribution in [1.29, 1.82) is 0 Å². The van der Waals surface area contributed by atoms with Crippen LogP contribution in [0.4, 0.5) is 0 Å². The molecule has 3 N–H and O–H groups in total. The first-order valence-corrected chi connectivity index (χ1v) is 9.76. The van der Waals surface area contributed by atoms with Crippen molar-refractivity contribution < 1.29 is 13.2 Å². The number of piperazine rings is 1. The first-order valence-electron chi connectivity index (χ1n) is 8.21. The molecule has 0 saturated carbocycles. The molecule has 1 aliphatic rings. The summed E-state index contributed by atoms with van der Waals surface area (Å²) in [4.78, 5) is 20.1. The Morgan fingerprint density at radius 3 is 2.20 bits per heavy atom. The second-order valence-electron chi connectivity index (χ2n) is 5.85. The molecule has 1 fully saturated rings. The number of nitrogens with zero attached hydrogens (tertiary/aromatic N) is 3. The quantitative estimate of drug-likeness (QED) is 0.574. The highest BCUT2D eigenvalue weighted by molar-refractivity contribution is 7.89. The molecule has 1 aromatic rings. The molecule has 1 heterocycles. The molecule has 0 aliphatic carbocycles. The summed E-state index contributed by atoms with van der Waals surface area (Å²) in [5, 5.41) is 8.36. The predicted octanol–water partition coefficient (Wildman–Crippen LogP) is -0.0364. The molecule has 0 unspecified atom stereocenters. The largest absolute Gasteiger partial charge is 0.357 e. The van der Waals surface area contributed by atoms with Gasteiger partial charge in [0, 0.05) is 39.6 Å². The third-order valence-corrected chi connectivity index (χ3v) is 4.95. The van der Waals surface area contributed by atoms with Gasteiger partial charge in [-0.1, -0.05) is 12.1 Å². The molecular weight excluding hydrogens is 342 g/mol. The third-order valence-electron chi connectivity index (χ3n) is 4.02. The molecule has 1 saturated heterocycles. The molecule has 25 heavy (non-hydrogen) atoms. The van der Waals surface area contributed by atoms with Crippen LogP contribution in [-0.4, -0.2) is 62.8 Å². The number of rotatable bonds is 4. The van der Waals surface area contributed by atoms with Gasteiger partial charge in [0.25, 0.3) is 0 Å². The summed E-state index contributed by atoms with van der Waals surface area (Å²) in [6.45, 7) is 7.59. The normalized spacial score (nSPS) is 16.0. The maximum Gasteiger partial charge on any atom is 0.238 e. The van der Waals surface area contributed by atoms with Crippen molar-refractivity contribution >= 4 is 21.9 Å². The second kappa shape index (κ2) is 8.30. The minimum Gasteiger partial charge on any atom is -0.357 e. The van der Waals surface area contributed by atoms with E-state index in [2.05, 4.69) is 15.2 Å². The van der Waals surface area contributed by atoms with Gasteiger partial charge in [-0.05, 0) is 24.6 Å². The summed E-state index contributed by atoms with van der Waals surface area (Å²) in [7, 11) is -3.68. The Morgan fingerprint density at radius 1 is 1.16 bits per heavy atom. The molecule has 8 nitrogen and oxygen atoms in total. The van der Waals surface area contributed by atoms with Crippen molar-refractivity contribution in [2.75, 3.05) is 32.7 Å². The van der Waals surface area contributed by atoms with Crippen LogP contribution >= 0.6 is 0 Å². The minimum atomic E-state index is -3.68. The first-order chi connectivity index (χ1) is 11.8. The Labute approximate surface area is 148 Å². The fourth-order valence-corrected chi connectivity index (χ4v) is 3.13. The van der Waals surface area contributed by atoms with Crippen LogP contribution < -0.4 is 10.5 Å². The number of hydrogen-bond donors (Lipinski definition) is 2. The van der Waals surface area contributed by atoms with Crippen LogP contribution in [-0.2, 0) is 21.4 Å². The van der Waals surface area contributed by atoms with E-state index in [0.29, 0.717) is 19.6 Å². The van der Waals surface area contributed by atoms with E-state index in [1.54, 1.807) is 19.1 Å². The number of benzene rings is 1. The molecule has 1 aromatic carbocycles. The monoisotopic (exact) mass is 367 g/mol.